The summed E-state index contributed by atoms with van der Waals surface area (Å²) in [6, 6.07) is 0. The Balaban J connectivity index is 0.000000423. The Bertz CT molecular complexity index is 227. The number of carboxylic acids is 1. The van der Waals surface area contributed by atoms with Crippen molar-refractivity contribution < 1.29 is 15.0 Å². The van der Waals surface area contributed by atoms with Crippen molar-refractivity contribution in [2.45, 2.75) is 45.1 Å². The maximum Gasteiger partial charge on any atom is 0.300 e. The molecule has 15 heavy (non-hydrogen) atoms. The van der Waals surface area contributed by atoms with Crippen molar-refractivity contribution in [3.05, 3.63) is 24.3 Å². The van der Waals surface area contributed by atoms with Gasteiger partial charge in [0.05, 0.1) is 6.10 Å². The van der Waals surface area contributed by atoms with Gasteiger partial charge in [-0.05, 0) is 37.7 Å². The van der Waals surface area contributed by atoms with Crippen molar-refractivity contribution >= 4 is 5.97 Å². The molecule has 0 bridgehead atoms. The molecule has 0 aromatic carbocycles. The zero-order chi connectivity index (χ0) is 11.7. The molecule has 1 unspecified atom stereocenters. The summed E-state index contributed by atoms with van der Waals surface area (Å²) >= 11 is 0. The first-order valence-corrected chi connectivity index (χ1v) is 5.25. The van der Waals surface area contributed by atoms with Gasteiger partial charge in [-0.3, -0.25) is 4.79 Å². The van der Waals surface area contributed by atoms with E-state index in [4.69, 9.17) is 9.90 Å². The van der Waals surface area contributed by atoms with Crippen LogP contribution in [0.2, 0.25) is 0 Å². The maximum absolute atomic E-state index is 9.53. The second-order valence-corrected chi connectivity index (χ2v) is 3.58. The van der Waals surface area contributed by atoms with E-state index < -0.39 is 5.97 Å². The van der Waals surface area contributed by atoms with E-state index in [2.05, 4.69) is 12.7 Å². The molecule has 2 N–H and O–H groups in total. The Morgan fingerprint density at radius 1 is 1.67 bits per heavy atom. The minimum Gasteiger partial charge on any atom is -0.481 e. The summed E-state index contributed by atoms with van der Waals surface area (Å²) in [5.41, 5.74) is 1.22. The molecule has 1 aliphatic carbocycles. The van der Waals surface area contributed by atoms with Gasteiger partial charge in [-0.2, -0.15) is 0 Å². The third-order valence-electron chi connectivity index (χ3n) is 2.14. The van der Waals surface area contributed by atoms with Crippen LogP contribution in [0.25, 0.3) is 0 Å². The third kappa shape index (κ3) is 7.94. The van der Waals surface area contributed by atoms with Crippen LogP contribution < -0.4 is 0 Å². The molecule has 3 nitrogen and oxygen atoms in total. The number of carboxylic acid groups (broad SMARTS) is 1. The molecule has 0 fully saturated rings. The smallest absolute Gasteiger partial charge is 0.300 e. The Labute approximate surface area is 91.1 Å². The number of rotatable bonds is 3. The van der Waals surface area contributed by atoms with Crippen LogP contribution in [0.3, 0.4) is 0 Å². The Hall–Kier alpha value is -1.09. The number of carbonyl (C=O) groups is 1. The molecule has 0 aromatic heterocycles. The van der Waals surface area contributed by atoms with Gasteiger partial charge in [0.15, 0.2) is 0 Å². The topological polar surface area (TPSA) is 57.5 Å². The van der Waals surface area contributed by atoms with Gasteiger partial charge in [0.1, 0.15) is 0 Å². The lowest BCUT2D eigenvalue weighted by molar-refractivity contribution is -0.134. The number of aliphatic hydroxyl groups excluding tert-OH is 1. The van der Waals surface area contributed by atoms with Gasteiger partial charge in [-0.1, -0.05) is 12.2 Å². The molecule has 0 radical (unpaired) electrons. The molecule has 0 heterocycles. The number of aliphatic hydroxyl groups is 1. The second-order valence-electron chi connectivity index (χ2n) is 3.58. The van der Waals surface area contributed by atoms with E-state index in [9.17, 15) is 5.11 Å². The zero-order valence-electron chi connectivity index (χ0n) is 9.28. The Kier molecular flexibility index (Phi) is 7.64. The molecule has 1 aliphatic rings. The Morgan fingerprint density at radius 3 is 2.67 bits per heavy atom. The zero-order valence-corrected chi connectivity index (χ0v) is 9.28. The first-order chi connectivity index (χ1) is 7.07. The predicted octanol–water partition coefficient (Wildman–Crippen LogP) is 2.51. The summed E-state index contributed by atoms with van der Waals surface area (Å²) in [7, 11) is 0. The first-order valence-electron chi connectivity index (χ1n) is 5.25. The van der Waals surface area contributed by atoms with Gasteiger partial charge in [-0.15, -0.1) is 6.58 Å². The second kappa shape index (κ2) is 8.24. The molecule has 1 rings (SSSR count). The van der Waals surface area contributed by atoms with Gasteiger partial charge in [-0.25, -0.2) is 0 Å². The monoisotopic (exact) mass is 212 g/mol. The lowest BCUT2D eigenvalue weighted by atomic mass is 9.94. The molecule has 0 aliphatic heterocycles. The molecule has 3 heteroatoms. The summed E-state index contributed by atoms with van der Waals surface area (Å²) < 4.78 is 0. The standard InChI is InChI=1S/C10H16O.C2H4O2/c1-2-6-10(11)9-7-4-3-5-8-9;1-2(3)4/h2,7,10-11H,1,3-6,8H2;1H3,(H,3,4). The van der Waals surface area contributed by atoms with Crippen molar-refractivity contribution in [2.24, 2.45) is 0 Å². The average Bonchev–Trinajstić information content (AvgIpc) is 2.19. The highest BCUT2D eigenvalue weighted by Gasteiger charge is 2.10. The summed E-state index contributed by atoms with van der Waals surface area (Å²) in [6.07, 6.45) is 9.14. The van der Waals surface area contributed by atoms with Crippen molar-refractivity contribution in [1.82, 2.24) is 0 Å². The van der Waals surface area contributed by atoms with Crippen LogP contribution >= 0.6 is 0 Å². The number of aliphatic carboxylic acids is 1. The third-order valence-corrected chi connectivity index (χ3v) is 2.14. The average molecular weight is 212 g/mol. The first kappa shape index (κ1) is 13.9. The summed E-state index contributed by atoms with van der Waals surface area (Å²) in [5, 5.41) is 17.0. The molecular formula is C12H20O3. The van der Waals surface area contributed by atoms with Gasteiger partial charge in [0, 0.05) is 6.92 Å². The van der Waals surface area contributed by atoms with Crippen LogP contribution in [0.15, 0.2) is 24.3 Å². The van der Waals surface area contributed by atoms with Crippen molar-refractivity contribution in [1.29, 1.82) is 0 Å². The molecular weight excluding hydrogens is 192 g/mol. The number of hydrogen-bond donors (Lipinski definition) is 2. The normalized spacial score (nSPS) is 16.8. The van der Waals surface area contributed by atoms with E-state index >= 15 is 0 Å². The van der Waals surface area contributed by atoms with Crippen LogP contribution in [0.1, 0.15) is 39.0 Å². The van der Waals surface area contributed by atoms with E-state index in [0.717, 1.165) is 19.8 Å². The van der Waals surface area contributed by atoms with Crippen LogP contribution in [-0.4, -0.2) is 22.3 Å². The fraction of sp³-hybridized carbons (Fsp3) is 0.583. The van der Waals surface area contributed by atoms with Gasteiger partial charge >= 0.3 is 0 Å². The van der Waals surface area contributed by atoms with Crippen molar-refractivity contribution in [3.63, 3.8) is 0 Å². The van der Waals surface area contributed by atoms with Crippen LogP contribution in [-0.2, 0) is 4.79 Å². The lowest BCUT2D eigenvalue weighted by Gasteiger charge is -2.16. The largest absolute Gasteiger partial charge is 0.481 e. The van der Waals surface area contributed by atoms with E-state index in [1.165, 1.54) is 18.4 Å². The highest BCUT2D eigenvalue weighted by molar-refractivity contribution is 5.62. The minimum atomic E-state index is -0.833. The fourth-order valence-corrected chi connectivity index (χ4v) is 1.47. The predicted molar refractivity (Wildman–Crippen MR) is 60.7 cm³/mol. The molecule has 0 spiro atoms. The quantitative estimate of drug-likeness (QED) is 0.707. The molecule has 0 aromatic rings. The SMILES string of the molecule is C=CCC(O)C1=CCCCC1.CC(=O)O. The van der Waals surface area contributed by atoms with Crippen LogP contribution in [0.4, 0.5) is 0 Å². The molecule has 0 saturated heterocycles. The molecule has 0 saturated carbocycles. The van der Waals surface area contributed by atoms with E-state index in [-0.39, 0.29) is 6.10 Å². The number of hydrogen-bond acceptors (Lipinski definition) is 2. The van der Waals surface area contributed by atoms with Crippen molar-refractivity contribution in [3.8, 4) is 0 Å². The van der Waals surface area contributed by atoms with E-state index in [0.29, 0.717) is 6.42 Å². The van der Waals surface area contributed by atoms with E-state index in [1.807, 2.05) is 0 Å². The summed E-state index contributed by atoms with van der Waals surface area (Å²) in [6.45, 7) is 4.69. The lowest BCUT2D eigenvalue weighted by Crippen LogP contribution is -2.10. The van der Waals surface area contributed by atoms with Gasteiger partial charge < -0.3 is 10.2 Å². The van der Waals surface area contributed by atoms with Crippen LogP contribution in [0, 0.1) is 0 Å². The Morgan fingerprint density at radius 2 is 2.27 bits per heavy atom. The summed E-state index contributed by atoms with van der Waals surface area (Å²) in [4.78, 5) is 9.00. The molecule has 0 amide bonds. The fourth-order valence-electron chi connectivity index (χ4n) is 1.47. The molecule has 86 valence electrons. The highest BCUT2D eigenvalue weighted by Crippen LogP contribution is 2.21. The molecule has 1 atom stereocenters. The number of allylic oxidation sites excluding steroid dienone is 1. The van der Waals surface area contributed by atoms with Gasteiger partial charge in [0.25, 0.3) is 5.97 Å². The minimum absolute atomic E-state index is 0.257. The van der Waals surface area contributed by atoms with Crippen molar-refractivity contribution in [2.75, 3.05) is 0 Å². The summed E-state index contributed by atoms with van der Waals surface area (Å²) in [5.74, 6) is -0.833. The van der Waals surface area contributed by atoms with Crippen LogP contribution in [0.5, 0.6) is 0 Å². The van der Waals surface area contributed by atoms with E-state index in [1.54, 1.807) is 6.08 Å². The maximum atomic E-state index is 9.53. The van der Waals surface area contributed by atoms with Gasteiger partial charge in [0.2, 0.25) is 0 Å². The highest BCUT2D eigenvalue weighted by atomic mass is 16.4.